The summed E-state index contributed by atoms with van der Waals surface area (Å²) in [6.07, 6.45) is 0.715. The fourth-order valence-corrected chi connectivity index (χ4v) is 3.28. The van der Waals surface area contributed by atoms with Crippen LogP contribution in [0.5, 0.6) is 0 Å². The summed E-state index contributed by atoms with van der Waals surface area (Å²) in [4.78, 5) is 24.4. The summed E-state index contributed by atoms with van der Waals surface area (Å²) in [5.74, 6) is 0.0582. The molecule has 144 valence electrons. The van der Waals surface area contributed by atoms with E-state index in [0.717, 1.165) is 5.69 Å². The third-order valence-corrected chi connectivity index (χ3v) is 5.10. The van der Waals surface area contributed by atoms with Gasteiger partial charge >= 0.3 is 0 Å². The molecule has 7 heteroatoms. The van der Waals surface area contributed by atoms with Gasteiger partial charge in [0.05, 0.1) is 0 Å². The second-order valence-electron chi connectivity index (χ2n) is 6.65. The molecule has 1 heterocycles. The average molecular weight is 394 g/mol. The number of benzene rings is 2. The fraction of sp³-hybridized carbons (Fsp3) is 0.238. The number of aromatic nitrogens is 2. The van der Waals surface area contributed by atoms with Crippen LogP contribution < -0.4 is 10.6 Å². The summed E-state index contributed by atoms with van der Waals surface area (Å²) >= 11 is 1.20. The van der Waals surface area contributed by atoms with Crippen molar-refractivity contribution in [3.63, 3.8) is 0 Å². The standard InChI is InChI=1S/C21H22N4O2S/c1-14(2)15-8-10-17(11-9-15)22-18(26)12-13-19-24-25-21(28-19)20(27)23-16-6-4-3-5-7-16/h3-11,14H,12-13H2,1-2H3,(H,22,26)(H,23,27). The lowest BCUT2D eigenvalue weighted by Gasteiger charge is -2.08. The molecule has 0 unspecified atom stereocenters. The van der Waals surface area contributed by atoms with Crippen molar-refractivity contribution in [3.8, 4) is 0 Å². The van der Waals surface area contributed by atoms with E-state index in [1.54, 1.807) is 12.1 Å². The molecular formula is C21H22N4O2S. The van der Waals surface area contributed by atoms with E-state index in [2.05, 4.69) is 34.7 Å². The van der Waals surface area contributed by atoms with Crippen LogP contribution in [0.1, 0.15) is 46.6 Å². The highest BCUT2D eigenvalue weighted by Gasteiger charge is 2.14. The van der Waals surface area contributed by atoms with Crippen molar-refractivity contribution in [2.45, 2.75) is 32.6 Å². The van der Waals surface area contributed by atoms with Crippen LogP contribution in [0.25, 0.3) is 0 Å². The Balaban J connectivity index is 1.49. The molecule has 2 N–H and O–H groups in total. The van der Waals surface area contributed by atoms with Crippen molar-refractivity contribution in [1.29, 1.82) is 0 Å². The van der Waals surface area contributed by atoms with Crippen molar-refractivity contribution < 1.29 is 9.59 Å². The predicted octanol–water partition coefficient (Wildman–Crippen LogP) is 4.49. The molecule has 0 aliphatic heterocycles. The number of para-hydroxylation sites is 1. The van der Waals surface area contributed by atoms with Crippen molar-refractivity contribution in [2.75, 3.05) is 10.6 Å². The van der Waals surface area contributed by atoms with Gasteiger partial charge in [0.25, 0.3) is 5.91 Å². The minimum atomic E-state index is -0.301. The van der Waals surface area contributed by atoms with Crippen LogP contribution in [-0.4, -0.2) is 22.0 Å². The first-order chi connectivity index (χ1) is 13.5. The van der Waals surface area contributed by atoms with Crippen molar-refractivity contribution >= 4 is 34.5 Å². The molecule has 0 radical (unpaired) electrons. The van der Waals surface area contributed by atoms with Gasteiger partial charge in [-0.05, 0) is 35.7 Å². The highest BCUT2D eigenvalue weighted by molar-refractivity contribution is 7.13. The second kappa shape index (κ2) is 9.23. The zero-order valence-corrected chi connectivity index (χ0v) is 16.6. The SMILES string of the molecule is CC(C)c1ccc(NC(=O)CCc2nnc(C(=O)Nc3ccccc3)s2)cc1. The van der Waals surface area contributed by atoms with Gasteiger partial charge in [0.15, 0.2) is 0 Å². The van der Waals surface area contributed by atoms with Gasteiger partial charge in [0.2, 0.25) is 10.9 Å². The molecule has 0 aliphatic carbocycles. The van der Waals surface area contributed by atoms with Crippen LogP contribution in [0.15, 0.2) is 54.6 Å². The number of aryl methyl sites for hydroxylation is 1. The Kier molecular flexibility index (Phi) is 6.49. The number of hydrogen-bond acceptors (Lipinski definition) is 5. The highest BCUT2D eigenvalue weighted by Crippen LogP contribution is 2.18. The minimum absolute atomic E-state index is 0.0946. The molecule has 0 fully saturated rings. The number of anilines is 2. The second-order valence-corrected chi connectivity index (χ2v) is 7.71. The molecule has 2 aromatic carbocycles. The van der Waals surface area contributed by atoms with Gasteiger partial charge in [-0.3, -0.25) is 9.59 Å². The number of carbonyl (C=O) groups excluding carboxylic acids is 2. The lowest BCUT2D eigenvalue weighted by Crippen LogP contribution is -2.12. The monoisotopic (exact) mass is 394 g/mol. The van der Waals surface area contributed by atoms with Crippen LogP contribution in [0.3, 0.4) is 0 Å². The van der Waals surface area contributed by atoms with Crippen LogP contribution in [-0.2, 0) is 11.2 Å². The Bertz CT molecular complexity index is 937. The molecule has 2 amide bonds. The molecule has 0 saturated carbocycles. The van der Waals surface area contributed by atoms with Gasteiger partial charge < -0.3 is 10.6 Å². The maximum Gasteiger partial charge on any atom is 0.286 e. The van der Waals surface area contributed by atoms with Crippen LogP contribution in [0.2, 0.25) is 0 Å². The number of nitrogens with one attached hydrogen (secondary N) is 2. The van der Waals surface area contributed by atoms with Crippen LogP contribution in [0, 0.1) is 0 Å². The van der Waals surface area contributed by atoms with E-state index in [4.69, 9.17) is 0 Å². The quantitative estimate of drug-likeness (QED) is 0.619. The Morgan fingerprint density at radius 1 is 0.929 bits per heavy atom. The van der Waals surface area contributed by atoms with E-state index in [1.165, 1.54) is 16.9 Å². The van der Waals surface area contributed by atoms with Gasteiger partial charge in [0.1, 0.15) is 5.01 Å². The Morgan fingerprint density at radius 2 is 1.61 bits per heavy atom. The third kappa shape index (κ3) is 5.47. The smallest absolute Gasteiger partial charge is 0.286 e. The predicted molar refractivity (Wildman–Crippen MR) is 112 cm³/mol. The van der Waals surface area contributed by atoms with Crippen molar-refractivity contribution in [1.82, 2.24) is 10.2 Å². The Hall–Kier alpha value is -3.06. The van der Waals surface area contributed by atoms with Gasteiger partial charge in [-0.15, -0.1) is 10.2 Å². The number of carbonyl (C=O) groups is 2. The van der Waals surface area contributed by atoms with Crippen LogP contribution >= 0.6 is 11.3 Å². The van der Waals surface area contributed by atoms with Crippen molar-refractivity contribution in [3.05, 3.63) is 70.2 Å². The van der Waals surface area contributed by atoms with Gasteiger partial charge in [-0.25, -0.2) is 0 Å². The topological polar surface area (TPSA) is 84.0 Å². The zero-order valence-electron chi connectivity index (χ0n) is 15.8. The van der Waals surface area contributed by atoms with E-state index in [9.17, 15) is 9.59 Å². The molecular weight excluding hydrogens is 372 g/mol. The minimum Gasteiger partial charge on any atom is -0.326 e. The number of amides is 2. The lowest BCUT2D eigenvalue weighted by molar-refractivity contribution is -0.116. The molecule has 3 rings (SSSR count). The summed E-state index contributed by atoms with van der Waals surface area (Å²) in [6, 6.07) is 17.0. The normalized spacial score (nSPS) is 10.7. The molecule has 0 saturated heterocycles. The first kappa shape index (κ1) is 19.7. The van der Waals surface area contributed by atoms with E-state index in [1.807, 2.05) is 42.5 Å². The maximum atomic E-state index is 12.2. The van der Waals surface area contributed by atoms with Crippen molar-refractivity contribution in [2.24, 2.45) is 0 Å². The molecule has 28 heavy (non-hydrogen) atoms. The van der Waals surface area contributed by atoms with E-state index in [-0.39, 0.29) is 23.2 Å². The lowest BCUT2D eigenvalue weighted by atomic mass is 10.0. The number of nitrogens with zero attached hydrogens (tertiary/aromatic N) is 2. The summed E-state index contributed by atoms with van der Waals surface area (Å²) in [7, 11) is 0. The largest absolute Gasteiger partial charge is 0.326 e. The Morgan fingerprint density at radius 3 is 2.29 bits per heavy atom. The summed E-state index contributed by atoms with van der Waals surface area (Å²) in [6.45, 7) is 4.26. The zero-order chi connectivity index (χ0) is 19.9. The maximum absolute atomic E-state index is 12.2. The van der Waals surface area contributed by atoms with Gasteiger partial charge in [-0.1, -0.05) is 55.5 Å². The molecule has 3 aromatic rings. The average Bonchev–Trinajstić information content (AvgIpc) is 3.17. The number of hydrogen-bond donors (Lipinski definition) is 2. The molecule has 0 atom stereocenters. The first-order valence-electron chi connectivity index (χ1n) is 9.10. The third-order valence-electron chi connectivity index (χ3n) is 4.12. The van der Waals surface area contributed by atoms with E-state index in [0.29, 0.717) is 23.0 Å². The molecule has 0 aliphatic rings. The highest BCUT2D eigenvalue weighted by atomic mass is 32.1. The Labute approximate surface area is 168 Å². The molecule has 1 aromatic heterocycles. The van der Waals surface area contributed by atoms with Gasteiger partial charge in [-0.2, -0.15) is 0 Å². The summed E-state index contributed by atoms with van der Waals surface area (Å²) in [5, 5.41) is 14.5. The molecule has 0 spiro atoms. The first-order valence-corrected chi connectivity index (χ1v) is 9.91. The summed E-state index contributed by atoms with van der Waals surface area (Å²) in [5.41, 5.74) is 2.70. The molecule has 0 bridgehead atoms. The van der Waals surface area contributed by atoms with E-state index >= 15 is 0 Å². The van der Waals surface area contributed by atoms with E-state index < -0.39 is 0 Å². The van der Waals surface area contributed by atoms with Gasteiger partial charge in [0, 0.05) is 24.2 Å². The number of rotatable bonds is 7. The van der Waals surface area contributed by atoms with Crippen LogP contribution in [0.4, 0.5) is 11.4 Å². The fourth-order valence-electron chi connectivity index (χ4n) is 2.55. The molecule has 6 nitrogen and oxygen atoms in total. The summed E-state index contributed by atoms with van der Waals surface area (Å²) < 4.78 is 0.